The van der Waals surface area contributed by atoms with Crippen molar-refractivity contribution in [2.24, 2.45) is 5.92 Å². The first-order chi connectivity index (χ1) is 7.28. The summed E-state index contributed by atoms with van der Waals surface area (Å²) in [4.78, 5) is 10.9. The predicted octanol–water partition coefficient (Wildman–Crippen LogP) is 0.353. The highest BCUT2D eigenvalue weighted by atomic mass is 32.2. The summed E-state index contributed by atoms with van der Waals surface area (Å²) >= 11 is 0. The summed E-state index contributed by atoms with van der Waals surface area (Å²) in [5, 5.41) is 11.7. The van der Waals surface area contributed by atoms with Crippen LogP contribution in [-0.4, -0.2) is 42.4 Å². The maximum absolute atomic E-state index is 10.9. The molecule has 0 heterocycles. The molecule has 0 aromatic carbocycles. The lowest BCUT2D eigenvalue weighted by Gasteiger charge is -2.19. The normalized spacial score (nSPS) is 15.7. The molecular formula is C9H19NO5S. The zero-order valence-corrected chi connectivity index (χ0v) is 10.3. The minimum absolute atomic E-state index is 0.0248. The Hall–Kier alpha value is -0.660. The fourth-order valence-corrected chi connectivity index (χ4v) is 1.79. The molecule has 0 saturated carbocycles. The van der Waals surface area contributed by atoms with Crippen LogP contribution in [0.2, 0.25) is 0 Å². The van der Waals surface area contributed by atoms with Crippen LogP contribution in [0, 0.1) is 5.92 Å². The zero-order valence-electron chi connectivity index (χ0n) is 9.51. The van der Waals surface area contributed by atoms with E-state index in [9.17, 15) is 13.2 Å². The average Bonchev–Trinajstić information content (AvgIpc) is 2.14. The van der Waals surface area contributed by atoms with E-state index in [2.05, 4.69) is 5.32 Å². The van der Waals surface area contributed by atoms with Crippen LogP contribution in [0.1, 0.15) is 26.7 Å². The van der Waals surface area contributed by atoms with Gasteiger partial charge in [0.05, 0.1) is 5.75 Å². The van der Waals surface area contributed by atoms with Crippen molar-refractivity contribution in [3.05, 3.63) is 0 Å². The first-order valence-corrected chi connectivity index (χ1v) is 6.80. The van der Waals surface area contributed by atoms with E-state index in [0.717, 1.165) is 6.42 Å². The van der Waals surface area contributed by atoms with Crippen LogP contribution in [0.3, 0.4) is 0 Å². The average molecular weight is 253 g/mol. The third-order valence-corrected chi connectivity index (χ3v) is 3.23. The maximum Gasteiger partial charge on any atom is 0.320 e. The highest BCUT2D eigenvalue weighted by Crippen LogP contribution is 2.07. The Morgan fingerprint density at radius 1 is 1.44 bits per heavy atom. The smallest absolute Gasteiger partial charge is 0.320 e. The second kappa shape index (κ2) is 6.82. The Morgan fingerprint density at radius 2 is 2.00 bits per heavy atom. The molecule has 0 fully saturated rings. The van der Waals surface area contributed by atoms with Gasteiger partial charge < -0.3 is 10.4 Å². The standard InChI is InChI=1S/C9H19NO5S/c1-3-7(2)8(9(11)12)10-5-4-6-16(13,14)15/h7-8,10H,3-6H2,1-2H3,(H,11,12)(H,13,14,15). The molecule has 0 aromatic rings. The van der Waals surface area contributed by atoms with Crippen LogP contribution < -0.4 is 5.32 Å². The molecule has 0 rings (SSSR count). The lowest BCUT2D eigenvalue weighted by atomic mass is 9.99. The van der Waals surface area contributed by atoms with E-state index in [1.807, 2.05) is 13.8 Å². The number of carboxylic acid groups (broad SMARTS) is 1. The molecule has 0 bridgehead atoms. The van der Waals surface area contributed by atoms with E-state index in [0.29, 0.717) is 0 Å². The minimum Gasteiger partial charge on any atom is -0.480 e. The van der Waals surface area contributed by atoms with E-state index in [1.165, 1.54) is 0 Å². The maximum atomic E-state index is 10.9. The molecule has 0 spiro atoms. The van der Waals surface area contributed by atoms with E-state index in [1.54, 1.807) is 0 Å². The lowest BCUT2D eigenvalue weighted by molar-refractivity contribution is -0.140. The van der Waals surface area contributed by atoms with Gasteiger partial charge in [-0.1, -0.05) is 20.3 Å². The Labute approximate surface area is 95.8 Å². The highest BCUT2D eigenvalue weighted by molar-refractivity contribution is 7.85. The van der Waals surface area contributed by atoms with Crippen LogP contribution in [-0.2, 0) is 14.9 Å². The number of nitrogens with one attached hydrogen (secondary N) is 1. The zero-order chi connectivity index (χ0) is 12.8. The predicted molar refractivity (Wildman–Crippen MR) is 59.9 cm³/mol. The Bertz CT molecular complexity index is 314. The SMILES string of the molecule is CCC(C)C(NCCCS(=O)(=O)O)C(=O)O. The summed E-state index contributed by atoms with van der Waals surface area (Å²) in [6, 6.07) is -0.675. The van der Waals surface area contributed by atoms with Gasteiger partial charge in [-0.3, -0.25) is 9.35 Å². The molecule has 7 heteroatoms. The number of hydrogen-bond donors (Lipinski definition) is 3. The molecule has 0 amide bonds. The van der Waals surface area contributed by atoms with Crippen LogP contribution in [0.5, 0.6) is 0 Å². The number of hydrogen-bond acceptors (Lipinski definition) is 4. The molecule has 16 heavy (non-hydrogen) atoms. The van der Waals surface area contributed by atoms with Gasteiger partial charge in [0.2, 0.25) is 0 Å². The number of rotatable bonds is 8. The molecule has 0 radical (unpaired) electrons. The van der Waals surface area contributed by atoms with E-state index in [4.69, 9.17) is 9.66 Å². The summed E-state index contributed by atoms with van der Waals surface area (Å²) in [6.07, 6.45) is 0.918. The molecule has 0 aromatic heterocycles. The van der Waals surface area contributed by atoms with Crippen molar-refractivity contribution < 1.29 is 22.9 Å². The highest BCUT2D eigenvalue weighted by Gasteiger charge is 2.22. The van der Waals surface area contributed by atoms with Gasteiger partial charge in [-0.25, -0.2) is 0 Å². The molecule has 0 aliphatic carbocycles. The Morgan fingerprint density at radius 3 is 2.38 bits per heavy atom. The largest absolute Gasteiger partial charge is 0.480 e. The van der Waals surface area contributed by atoms with Gasteiger partial charge in [0.25, 0.3) is 10.1 Å². The molecule has 3 N–H and O–H groups in total. The number of aliphatic carboxylic acids is 1. The fourth-order valence-electron chi connectivity index (χ4n) is 1.28. The van der Waals surface area contributed by atoms with Crippen molar-refractivity contribution in [3.8, 4) is 0 Å². The lowest BCUT2D eigenvalue weighted by Crippen LogP contribution is -2.42. The van der Waals surface area contributed by atoms with E-state index >= 15 is 0 Å². The second-order valence-electron chi connectivity index (χ2n) is 3.80. The summed E-state index contributed by atoms with van der Waals surface area (Å²) < 4.78 is 29.3. The van der Waals surface area contributed by atoms with Crippen molar-refractivity contribution in [1.82, 2.24) is 5.32 Å². The first-order valence-electron chi connectivity index (χ1n) is 5.19. The molecule has 2 unspecified atom stereocenters. The molecular weight excluding hydrogens is 234 g/mol. The van der Waals surface area contributed by atoms with Crippen molar-refractivity contribution in [3.63, 3.8) is 0 Å². The van der Waals surface area contributed by atoms with Crippen LogP contribution >= 0.6 is 0 Å². The summed E-state index contributed by atoms with van der Waals surface area (Å²) in [7, 11) is -3.96. The quantitative estimate of drug-likeness (QED) is 0.426. The van der Waals surface area contributed by atoms with E-state index in [-0.39, 0.29) is 24.6 Å². The summed E-state index contributed by atoms with van der Waals surface area (Å²) in [5.41, 5.74) is 0. The van der Waals surface area contributed by atoms with Crippen LogP contribution in [0.4, 0.5) is 0 Å². The third kappa shape index (κ3) is 6.76. The van der Waals surface area contributed by atoms with Gasteiger partial charge in [0.15, 0.2) is 0 Å². The van der Waals surface area contributed by atoms with Gasteiger partial charge in [-0.05, 0) is 18.9 Å². The van der Waals surface area contributed by atoms with Crippen molar-refractivity contribution >= 4 is 16.1 Å². The number of carboxylic acids is 1. The topological polar surface area (TPSA) is 104 Å². The molecule has 6 nitrogen and oxygen atoms in total. The van der Waals surface area contributed by atoms with Crippen LogP contribution in [0.15, 0.2) is 0 Å². The number of carbonyl (C=O) groups is 1. The monoisotopic (exact) mass is 253 g/mol. The second-order valence-corrected chi connectivity index (χ2v) is 5.37. The van der Waals surface area contributed by atoms with Crippen molar-refractivity contribution in [1.29, 1.82) is 0 Å². The molecule has 0 aliphatic rings. The fraction of sp³-hybridized carbons (Fsp3) is 0.889. The van der Waals surface area contributed by atoms with Crippen molar-refractivity contribution in [2.75, 3.05) is 12.3 Å². The minimum atomic E-state index is -3.96. The van der Waals surface area contributed by atoms with Gasteiger partial charge in [-0.15, -0.1) is 0 Å². The summed E-state index contributed by atoms with van der Waals surface area (Å²) in [6.45, 7) is 3.95. The van der Waals surface area contributed by atoms with E-state index < -0.39 is 22.1 Å². The van der Waals surface area contributed by atoms with Gasteiger partial charge in [0, 0.05) is 0 Å². The third-order valence-electron chi connectivity index (χ3n) is 2.42. The molecule has 96 valence electrons. The molecule has 0 aliphatic heterocycles. The summed E-state index contributed by atoms with van der Waals surface area (Å²) in [5.74, 6) is -1.32. The van der Waals surface area contributed by atoms with Crippen molar-refractivity contribution in [2.45, 2.75) is 32.7 Å². The first kappa shape index (κ1) is 15.3. The van der Waals surface area contributed by atoms with Gasteiger partial charge >= 0.3 is 5.97 Å². The Kier molecular flexibility index (Phi) is 6.54. The van der Waals surface area contributed by atoms with Gasteiger partial charge in [-0.2, -0.15) is 8.42 Å². The Balaban J connectivity index is 4.00. The van der Waals surface area contributed by atoms with Crippen LogP contribution in [0.25, 0.3) is 0 Å². The molecule has 2 atom stereocenters. The molecule has 0 saturated heterocycles. The van der Waals surface area contributed by atoms with Gasteiger partial charge in [0.1, 0.15) is 6.04 Å².